The van der Waals surface area contributed by atoms with Gasteiger partial charge in [0, 0.05) is 18.7 Å². The average molecular weight is 392 g/mol. The molecule has 2 amide bonds. The molecular weight excluding hydrogens is 358 g/mol. The van der Waals surface area contributed by atoms with Crippen molar-refractivity contribution >= 4 is 23.6 Å². The van der Waals surface area contributed by atoms with Gasteiger partial charge >= 0.3 is 0 Å². The SMILES string of the molecule is CCCCC(=O)N1C(C(=O)NCCCCCCN)CSC1c1ccccc1. The largest absolute Gasteiger partial charge is 0.354 e. The molecule has 0 bridgehead atoms. The van der Waals surface area contributed by atoms with Crippen LogP contribution in [0.5, 0.6) is 0 Å². The van der Waals surface area contributed by atoms with Crippen molar-refractivity contribution in [1.29, 1.82) is 0 Å². The number of hydrogen-bond donors (Lipinski definition) is 2. The van der Waals surface area contributed by atoms with Gasteiger partial charge < -0.3 is 16.0 Å². The van der Waals surface area contributed by atoms with E-state index in [0.29, 0.717) is 18.7 Å². The minimum atomic E-state index is -0.381. The molecule has 2 atom stereocenters. The molecule has 1 fully saturated rings. The van der Waals surface area contributed by atoms with Gasteiger partial charge in [-0.3, -0.25) is 9.59 Å². The Morgan fingerprint density at radius 3 is 2.59 bits per heavy atom. The van der Waals surface area contributed by atoms with Crippen LogP contribution in [0.25, 0.3) is 0 Å². The molecule has 2 rings (SSSR count). The fraction of sp³-hybridized carbons (Fsp3) is 0.619. The van der Waals surface area contributed by atoms with E-state index in [2.05, 4.69) is 12.2 Å². The van der Waals surface area contributed by atoms with Crippen molar-refractivity contribution in [3.8, 4) is 0 Å². The van der Waals surface area contributed by atoms with Gasteiger partial charge in [0.1, 0.15) is 11.4 Å². The summed E-state index contributed by atoms with van der Waals surface area (Å²) in [6, 6.07) is 9.64. The molecular formula is C21H33N3O2S. The highest BCUT2D eigenvalue weighted by Gasteiger charge is 2.41. The van der Waals surface area contributed by atoms with Crippen LogP contribution in [-0.2, 0) is 9.59 Å². The van der Waals surface area contributed by atoms with E-state index in [1.165, 1.54) is 0 Å². The second kappa shape index (κ2) is 12.0. The van der Waals surface area contributed by atoms with Crippen LogP contribution in [-0.4, -0.2) is 41.6 Å². The third-order valence-electron chi connectivity index (χ3n) is 4.85. The van der Waals surface area contributed by atoms with Gasteiger partial charge in [-0.1, -0.05) is 56.5 Å². The number of thioether (sulfide) groups is 1. The molecule has 1 aliphatic heterocycles. The van der Waals surface area contributed by atoms with Gasteiger partial charge in [0.15, 0.2) is 0 Å². The lowest BCUT2D eigenvalue weighted by Crippen LogP contribution is -2.48. The summed E-state index contributed by atoms with van der Waals surface area (Å²) >= 11 is 1.68. The summed E-state index contributed by atoms with van der Waals surface area (Å²) in [4.78, 5) is 27.5. The number of hydrogen-bond acceptors (Lipinski definition) is 4. The summed E-state index contributed by atoms with van der Waals surface area (Å²) < 4.78 is 0. The van der Waals surface area contributed by atoms with Crippen LogP contribution in [0.1, 0.15) is 62.8 Å². The Morgan fingerprint density at radius 1 is 1.15 bits per heavy atom. The van der Waals surface area contributed by atoms with Crippen LogP contribution in [0.3, 0.4) is 0 Å². The van der Waals surface area contributed by atoms with Crippen molar-refractivity contribution in [3.05, 3.63) is 35.9 Å². The van der Waals surface area contributed by atoms with E-state index in [9.17, 15) is 9.59 Å². The maximum absolute atomic E-state index is 12.9. The van der Waals surface area contributed by atoms with Crippen molar-refractivity contribution in [2.24, 2.45) is 5.73 Å². The topological polar surface area (TPSA) is 75.4 Å². The van der Waals surface area contributed by atoms with E-state index < -0.39 is 0 Å². The lowest BCUT2D eigenvalue weighted by molar-refractivity contribution is -0.140. The first kappa shape index (κ1) is 21.8. The second-order valence-electron chi connectivity index (χ2n) is 7.01. The number of carbonyl (C=O) groups excluding carboxylic acids is 2. The highest BCUT2D eigenvalue weighted by Crippen LogP contribution is 2.41. The zero-order valence-electron chi connectivity index (χ0n) is 16.4. The summed E-state index contributed by atoms with van der Waals surface area (Å²) in [7, 11) is 0. The third-order valence-corrected chi connectivity index (χ3v) is 6.17. The van der Waals surface area contributed by atoms with Crippen molar-refractivity contribution in [3.63, 3.8) is 0 Å². The minimum absolute atomic E-state index is 0.0235. The van der Waals surface area contributed by atoms with Crippen LogP contribution < -0.4 is 11.1 Å². The molecule has 27 heavy (non-hydrogen) atoms. The Bertz CT molecular complexity index is 582. The normalized spacial score (nSPS) is 19.3. The molecule has 1 aliphatic rings. The van der Waals surface area contributed by atoms with Crippen molar-refractivity contribution in [1.82, 2.24) is 10.2 Å². The maximum atomic E-state index is 12.9. The maximum Gasteiger partial charge on any atom is 0.243 e. The third kappa shape index (κ3) is 6.54. The molecule has 3 N–H and O–H groups in total. The lowest BCUT2D eigenvalue weighted by Gasteiger charge is -2.29. The standard InChI is InChI=1S/C21H33N3O2S/c1-2-3-13-19(25)24-18(20(26)23-15-10-5-4-9-14-22)16-27-21(24)17-11-7-6-8-12-17/h6-8,11-12,18,21H,2-5,9-10,13-16,22H2,1H3,(H,23,26). The number of carbonyl (C=O) groups is 2. The predicted molar refractivity (Wildman–Crippen MR) is 112 cm³/mol. The van der Waals surface area contributed by atoms with E-state index in [4.69, 9.17) is 5.73 Å². The van der Waals surface area contributed by atoms with Crippen LogP contribution >= 0.6 is 11.8 Å². The van der Waals surface area contributed by atoms with Gasteiger partial charge in [0.2, 0.25) is 11.8 Å². The van der Waals surface area contributed by atoms with E-state index >= 15 is 0 Å². The molecule has 0 aliphatic carbocycles. The summed E-state index contributed by atoms with van der Waals surface area (Å²) in [5, 5.41) is 2.96. The van der Waals surface area contributed by atoms with E-state index in [1.54, 1.807) is 11.8 Å². The lowest BCUT2D eigenvalue weighted by atomic mass is 10.1. The smallest absolute Gasteiger partial charge is 0.243 e. The first-order valence-electron chi connectivity index (χ1n) is 10.1. The highest BCUT2D eigenvalue weighted by atomic mass is 32.2. The molecule has 5 nitrogen and oxygen atoms in total. The molecule has 150 valence electrons. The second-order valence-corrected chi connectivity index (χ2v) is 8.12. The van der Waals surface area contributed by atoms with Gasteiger partial charge in [0.25, 0.3) is 0 Å². The van der Waals surface area contributed by atoms with Gasteiger partial charge in [-0.25, -0.2) is 0 Å². The zero-order chi connectivity index (χ0) is 19.5. The fourth-order valence-electron chi connectivity index (χ4n) is 3.30. The summed E-state index contributed by atoms with van der Waals surface area (Å²) in [5.41, 5.74) is 6.59. The van der Waals surface area contributed by atoms with Crippen LogP contribution in [0.4, 0.5) is 0 Å². The predicted octanol–water partition coefficient (Wildman–Crippen LogP) is 3.45. The molecule has 0 radical (unpaired) electrons. The fourth-order valence-corrected chi connectivity index (χ4v) is 4.75. The minimum Gasteiger partial charge on any atom is -0.354 e. The molecule has 1 saturated heterocycles. The Hall–Kier alpha value is -1.53. The van der Waals surface area contributed by atoms with Crippen LogP contribution in [0, 0.1) is 0 Å². The molecule has 0 saturated carbocycles. The Labute approximate surface area is 167 Å². The first-order valence-corrected chi connectivity index (χ1v) is 11.2. The summed E-state index contributed by atoms with van der Waals surface area (Å²) in [5.74, 6) is 0.708. The quantitative estimate of drug-likeness (QED) is 0.567. The van der Waals surface area contributed by atoms with Gasteiger partial charge in [0.05, 0.1) is 0 Å². The Kier molecular flexibility index (Phi) is 9.70. The Balaban J connectivity index is 1.98. The number of nitrogens with zero attached hydrogens (tertiary/aromatic N) is 1. The summed E-state index contributed by atoms with van der Waals surface area (Å²) in [6.07, 6.45) is 6.50. The number of benzene rings is 1. The molecule has 1 aromatic carbocycles. The number of amides is 2. The molecule has 1 heterocycles. The Morgan fingerprint density at radius 2 is 1.89 bits per heavy atom. The van der Waals surface area contributed by atoms with E-state index in [1.807, 2.05) is 35.2 Å². The van der Waals surface area contributed by atoms with Gasteiger partial charge in [-0.05, 0) is 31.4 Å². The number of nitrogens with one attached hydrogen (secondary N) is 1. The van der Waals surface area contributed by atoms with Crippen LogP contribution in [0.15, 0.2) is 30.3 Å². The monoisotopic (exact) mass is 391 g/mol. The molecule has 6 heteroatoms. The summed E-state index contributed by atoms with van der Waals surface area (Å²) in [6.45, 7) is 3.47. The molecule has 1 aromatic rings. The average Bonchev–Trinajstić information content (AvgIpc) is 3.14. The van der Waals surface area contributed by atoms with Gasteiger partial charge in [-0.2, -0.15) is 0 Å². The van der Waals surface area contributed by atoms with Crippen molar-refractivity contribution in [2.45, 2.75) is 63.3 Å². The van der Waals surface area contributed by atoms with Crippen LogP contribution in [0.2, 0.25) is 0 Å². The molecule has 0 spiro atoms. The van der Waals surface area contributed by atoms with E-state index in [-0.39, 0.29) is 23.2 Å². The molecule has 0 aromatic heterocycles. The highest BCUT2D eigenvalue weighted by molar-refractivity contribution is 7.99. The van der Waals surface area contributed by atoms with Crippen molar-refractivity contribution in [2.75, 3.05) is 18.8 Å². The van der Waals surface area contributed by atoms with E-state index in [0.717, 1.165) is 50.6 Å². The zero-order valence-corrected chi connectivity index (χ0v) is 17.2. The van der Waals surface area contributed by atoms with Crippen molar-refractivity contribution < 1.29 is 9.59 Å². The molecule has 2 unspecified atom stereocenters. The van der Waals surface area contributed by atoms with Gasteiger partial charge in [-0.15, -0.1) is 11.8 Å². The number of unbranched alkanes of at least 4 members (excludes halogenated alkanes) is 4. The number of rotatable bonds is 11. The first-order chi connectivity index (χ1) is 13.2. The number of nitrogens with two attached hydrogens (primary N) is 1.